The van der Waals surface area contributed by atoms with Crippen molar-refractivity contribution in [1.29, 1.82) is 0 Å². The second-order valence-corrected chi connectivity index (χ2v) is 8.34. The van der Waals surface area contributed by atoms with Crippen LogP contribution in [0.3, 0.4) is 0 Å². The first-order chi connectivity index (χ1) is 13.0. The zero-order chi connectivity index (χ0) is 19.4. The molecule has 142 valence electrons. The summed E-state index contributed by atoms with van der Waals surface area (Å²) in [6.07, 6.45) is 0. The van der Waals surface area contributed by atoms with Crippen molar-refractivity contribution in [2.45, 2.75) is 45.4 Å². The molecular formula is C20H24N4OS2. The Kier molecular flexibility index (Phi) is 6.34. The van der Waals surface area contributed by atoms with E-state index in [4.69, 9.17) is 0 Å². The first-order valence-electron chi connectivity index (χ1n) is 8.96. The number of amides is 1. The molecule has 5 nitrogen and oxygen atoms in total. The van der Waals surface area contributed by atoms with Gasteiger partial charge < -0.3 is 9.88 Å². The molecule has 2 aromatic heterocycles. The zero-order valence-electron chi connectivity index (χ0n) is 16.0. The molecule has 0 fully saturated rings. The van der Waals surface area contributed by atoms with Gasteiger partial charge in [0, 0.05) is 6.54 Å². The lowest BCUT2D eigenvalue weighted by Crippen LogP contribution is -2.28. The average Bonchev–Trinajstić information content (AvgIpc) is 3.30. The van der Waals surface area contributed by atoms with Gasteiger partial charge in [-0.25, -0.2) is 0 Å². The molecule has 0 saturated heterocycles. The lowest BCUT2D eigenvalue weighted by Gasteiger charge is -2.15. The molecule has 1 unspecified atom stereocenters. The van der Waals surface area contributed by atoms with Crippen molar-refractivity contribution in [3.8, 4) is 10.7 Å². The van der Waals surface area contributed by atoms with Gasteiger partial charge in [-0.2, -0.15) is 0 Å². The van der Waals surface area contributed by atoms with E-state index in [1.165, 1.54) is 22.9 Å². The number of nitrogens with one attached hydrogen (secondary N) is 1. The predicted molar refractivity (Wildman–Crippen MR) is 112 cm³/mol. The fourth-order valence-corrected chi connectivity index (χ4v) is 4.33. The van der Waals surface area contributed by atoms with Gasteiger partial charge in [-0.15, -0.1) is 21.5 Å². The summed E-state index contributed by atoms with van der Waals surface area (Å²) in [6.45, 7) is 9.02. The van der Waals surface area contributed by atoms with E-state index < -0.39 is 0 Å². The van der Waals surface area contributed by atoms with Crippen molar-refractivity contribution in [2.24, 2.45) is 0 Å². The van der Waals surface area contributed by atoms with Gasteiger partial charge in [-0.3, -0.25) is 4.79 Å². The standard InChI is InChI=1S/C20H24N4OS2/c1-5-24-19(17-7-6-10-26-17)22-23-20(24)27-12-18(25)21-15(4)16-9-8-13(2)14(3)11-16/h6-11,15H,5,12H2,1-4H3,(H,21,25). The first-order valence-corrected chi connectivity index (χ1v) is 10.8. The van der Waals surface area contributed by atoms with E-state index >= 15 is 0 Å². The number of carbonyl (C=O) groups is 1. The summed E-state index contributed by atoms with van der Waals surface area (Å²) in [6, 6.07) is 10.3. The summed E-state index contributed by atoms with van der Waals surface area (Å²) in [5, 5.41) is 14.4. The van der Waals surface area contributed by atoms with Gasteiger partial charge in [-0.1, -0.05) is 36.0 Å². The Morgan fingerprint density at radius 1 is 1.26 bits per heavy atom. The molecule has 0 saturated carbocycles. The monoisotopic (exact) mass is 400 g/mol. The molecular weight excluding hydrogens is 376 g/mol. The van der Waals surface area contributed by atoms with Crippen LogP contribution in [0.2, 0.25) is 0 Å². The fourth-order valence-electron chi connectivity index (χ4n) is 2.80. The van der Waals surface area contributed by atoms with E-state index in [1.807, 2.05) is 24.4 Å². The fraction of sp³-hybridized carbons (Fsp3) is 0.350. The predicted octanol–water partition coefficient (Wildman–Crippen LogP) is 4.61. The SMILES string of the molecule is CCn1c(SCC(=O)NC(C)c2ccc(C)c(C)c2)nnc1-c1cccs1. The van der Waals surface area contributed by atoms with Crippen molar-refractivity contribution in [1.82, 2.24) is 20.1 Å². The van der Waals surface area contributed by atoms with Gasteiger partial charge in [0.25, 0.3) is 0 Å². The van der Waals surface area contributed by atoms with E-state index in [0.717, 1.165) is 28.0 Å². The molecule has 1 amide bonds. The van der Waals surface area contributed by atoms with E-state index in [0.29, 0.717) is 5.75 Å². The van der Waals surface area contributed by atoms with Crippen LogP contribution in [0.4, 0.5) is 0 Å². The van der Waals surface area contributed by atoms with Gasteiger partial charge >= 0.3 is 0 Å². The molecule has 1 atom stereocenters. The minimum absolute atomic E-state index is 0.00550. The second-order valence-electron chi connectivity index (χ2n) is 6.45. The highest BCUT2D eigenvalue weighted by atomic mass is 32.2. The minimum Gasteiger partial charge on any atom is -0.349 e. The number of thioether (sulfide) groups is 1. The maximum Gasteiger partial charge on any atom is 0.230 e. The summed E-state index contributed by atoms with van der Waals surface area (Å²) >= 11 is 3.06. The Hall–Kier alpha value is -2.12. The Morgan fingerprint density at radius 3 is 2.74 bits per heavy atom. The molecule has 27 heavy (non-hydrogen) atoms. The summed E-state index contributed by atoms with van der Waals surface area (Å²) in [7, 11) is 0. The van der Waals surface area contributed by atoms with Crippen molar-refractivity contribution in [3.05, 3.63) is 52.4 Å². The maximum absolute atomic E-state index is 12.4. The van der Waals surface area contributed by atoms with Crippen LogP contribution in [-0.4, -0.2) is 26.4 Å². The maximum atomic E-state index is 12.4. The third kappa shape index (κ3) is 4.59. The lowest BCUT2D eigenvalue weighted by atomic mass is 10.0. The second kappa shape index (κ2) is 8.71. The average molecular weight is 401 g/mol. The van der Waals surface area contributed by atoms with Gasteiger partial charge in [-0.05, 0) is 55.8 Å². The van der Waals surface area contributed by atoms with Gasteiger partial charge in [0.05, 0.1) is 16.7 Å². The number of rotatable bonds is 7. The molecule has 3 aromatic rings. The first kappa shape index (κ1) is 19.6. The molecule has 7 heteroatoms. The largest absolute Gasteiger partial charge is 0.349 e. The van der Waals surface area contributed by atoms with E-state index in [2.05, 4.69) is 59.1 Å². The highest BCUT2D eigenvalue weighted by Gasteiger charge is 2.16. The number of aryl methyl sites for hydroxylation is 2. The minimum atomic E-state index is -0.0249. The molecule has 0 radical (unpaired) electrons. The Bertz CT molecular complexity index is 918. The number of nitrogens with zero attached hydrogens (tertiary/aromatic N) is 3. The number of benzene rings is 1. The molecule has 2 heterocycles. The summed E-state index contributed by atoms with van der Waals surface area (Å²) in [5.41, 5.74) is 3.61. The Labute approximate surface area is 168 Å². The number of carbonyl (C=O) groups excluding carboxylic acids is 1. The molecule has 0 aliphatic carbocycles. The summed E-state index contributed by atoms with van der Waals surface area (Å²) < 4.78 is 2.05. The van der Waals surface area contributed by atoms with Crippen LogP contribution in [0.5, 0.6) is 0 Å². The van der Waals surface area contributed by atoms with E-state index in [9.17, 15) is 4.79 Å². The topological polar surface area (TPSA) is 59.8 Å². The third-order valence-electron chi connectivity index (χ3n) is 4.52. The van der Waals surface area contributed by atoms with Crippen LogP contribution in [0.25, 0.3) is 10.7 Å². The number of hydrogen-bond donors (Lipinski definition) is 1. The van der Waals surface area contributed by atoms with Crippen LogP contribution in [-0.2, 0) is 11.3 Å². The van der Waals surface area contributed by atoms with Crippen molar-refractivity contribution in [2.75, 3.05) is 5.75 Å². The smallest absolute Gasteiger partial charge is 0.230 e. The zero-order valence-corrected chi connectivity index (χ0v) is 17.7. The number of aromatic nitrogens is 3. The lowest BCUT2D eigenvalue weighted by molar-refractivity contribution is -0.119. The van der Waals surface area contributed by atoms with Gasteiger partial charge in [0.15, 0.2) is 11.0 Å². The molecule has 1 aromatic carbocycles. The van der Waals surface area contributed by atoms with Crippen LogP contribution in [0.15, 0.2) is 40.9 Å². The highest BCUT2D eigenvalue weighted by molar-refractivity contribution is 7.99. The summed E-state index contributed by atoms with van der Waals surface area (Å²) in [5.74, 6) is 1.17. The van der Waals surface area contributed by atoms with E-state index in [1.54, 1.807) is 11.3 Å². The van der Waals surface area contributed by atoms with E-state index in [-0.39, 0.29) is 11.9 Å². The van der Waals surface area contributed by atoms with Gasteiger partial charge in [0.1, 0.15) is 0 Å². The number of thiophene rings is 1. The molecule has 0 spiro atoms. The van der Waals surface area contributed by atoms with Crippen molar-refractivity contribution >= 4 is 29.0 Å². The summed E-state index contributed by atoms with van der Waals surface area (Å²) in [4.78, 5) is 13.5. The molecule has 0 aliphatic heterocycles. The molecule has 0 aliphatic rings. The molecule has 0 bridgehead atoms. The van der Waals surface area contributed by atoms with Gasteiger partial charge in [0.2, 0.25) is 5.91 Å². The van der Waals surface area contributed by atoms with Crippen LogP contribution < -0.4 is 5.32 Å². The van der Waals surface area contributed by atoms with Crippen molar-refractivity contribution < 1.29 is 4.79 Å². The van der Waals surface area contributed by atoms with Crippen LogP contribution in [0.1, 0.15) is 36.6 Å². The molecule has 1 N–H and O–H groups in total. The Morgan fingerprint density at radius 2 is 2.07 bits per heavy atom. The third-order valence-corrected chi connectivity index (χ3v) is 6.35. The Balaban J connectivity index is 1.61. The quantitative estimate of drug-likeness (QED) is 0.588. The molecule has 3 rings (SSSR count). The van der Waals surface area contributed by atoms with Crippen LogP contribution in [0, 0.1) is 13.8 Å². The van der Waals surface area contributed by atoms with Crippen LogP contribution >= 0.6 is 23.1 Å². The highest BCUT2D eigenvalue weighted by Crippen LogP contribution is 2.27. The normalized spacial score (nSPS) is 12.1. The van der Waals surface area contributed by atoms with Crippen molar-refractivity contribution in [3.63, 3.8) is 0 Å². The number of hydrogen-bond acceptors (Lipinski definition) is 5.